The highest BCUT2D eigenvalue weighted by Gasteiger charge is 2.15. The van der Waals surface area contributed by atoms with Crippen molar-refractivity contribution in [2.24, 2.45) is 5.92 Å². The van der Waals surface area contributed by atoms with Crippen molar-refractivity contribution in [2.75, 3.05) is 26.7 Å². The minimum atomic E-state index is 0.756. The lowest BCUT2D eigenvalue weighted by Crippen LogP contribution is -2.35. The first kappa shape index (κ1) is 13.0. The molecule has 1 rings (SSSR count). The molecule has 90 valence electrons. The van der Waals surface area contributed by atoms with Crippen LogP contribution in [0.4, 0.5) is 0 Å². The van der Waals surface area contributed by atoms with Crippen molar-refractivity contribution in [3.63, 3.8) is 0 Å². The molecule has 0 bridgehead atoms. The molecule has 1 saturated heterocycles. The lowest BCUT2D eigenvalue weighted by molar-refractivity contribution is 0.216. The average Bonchev–Trinajstić information content (AvgIpc) is 2.27. The molecule has 0 aliphatic carbocycles. The van der Waals surface area contributed by atoms with Crippen molar-refractivity contribution < 1.29 is 0 Å². The molecule has 0 radical (unpaired) electrons. The van der Waals surface area contributed by atoms with Crippen molar-refractivity contribution in [1.29, 1.82) is 0 Å². The highest BCUT2D eigenvalue weighted by molar-refractivity contribution is 4.71. The minimum Gasteiger partial charge on any atom is -0.316 e. The Balaban J connectivity index is 2.11. The average molecular weight is 212 g/mol. The topological polar surface area (TPSA) is 15.3 Å². The Kier molecular flexibility index (Phi) is 6.26. The Morgan fingerprint density at radius 3 is 2.87 bits per heavy atom. The van der Waals surface area contributed by atoms with Gasteiger partial charge in [-0.15, -0.1) is 0 Å². The molecule has 0 amide bonds. The fourth-order valence-electron chi connectivity index (χ4n) is 2.42. The van der Waals surface area contributed by atoms with E-state index in [1.165, 1.54) is 51.7 Å². The third-order valence-corrected chi connectivity index (χ3v) is 3.75. The van der Waals surface area contributed by atoms with Gasteiger partial charge in [0.25, 0.3) is 0 Å². The quantitative estimate of drug-likeness (QED) is 0.728. The highest BCUT2D eigenvalue weighted by Crippen LogP contribution is 2.15. The molecule has 15 heavy (non-hydrogen) atoms. The molecule has 2 unspecified atom stereocenters. The number of piperidine rings is 1. The first-order chi connectivity index (χ1) is 7.24. The van der Waals surface area contributed by atoms with Gasteiger partial charge in [0.1, 0.15) is 0 Å². The molecule has 2 heteroatoms. The molecule has 1 aliphatic rings. The molecule has 1 heterocycles. The van der Waals surface area contributed by atoms with Gasteiger partial charge in [0, 0.05) is 6.04 Å². The van der Waals surface area contributed by atoms with Gasteiger partial charge in [-0.1, -0.05) is 13.3 Å². The summed E-state index contributed by atoms with van der Waals surface area (Å²) in [4.78, 5) is 2.53. The van der Waals surface area contributed by atoms with E-state index in [1.54, 1.807) is 0 Å². The first-order valence-electron chi connectivity index (χ1n) is 6.65. The second-order valence-electron chi connectivity index (χ2n) is 5.12. The van der Waals surface area contributed by atoms with E-state index in [-0.39, 0.29) is 0 Å². The predicted octanol–water partition coefficient (Wildman–Crippen LogP) is 2.50. The summed E-state index contributed by atoms with van der Waals surface area (Å²) in [6, 6.07) is 0.756. The van der Waals surface area contributed by atoms with E-state index in [2.05, 4.69) is 31.1 Å². The molecule has 2 atom stereocenters. The second-order valence-corrected chi connectivity index (χ2v) is 5.12. The number of nitrogens with one attached hydrogen (secondary N) is 1. The molecule has 1 N–H and O–H groups in total. The van der Waals surface area contributed by atoms with Crippen LogP contribution in [-0.2, 0) is 0 Å². The molecule has 0 aromatic rings. The Bertz CT molecular complexity index is 153. The summed E-state index contributed by atoms with van der Waals surface area (Å²) >= 11 is 0. The molecule has 1 aliphatic heterocycles. The van der Waals surface area contributed by atoms with E-state index < -0.39 is 0 Å². The van der Waals surface area contributed by atoms with Gasteiger partial charge in [-0.25, -0.2) is 0 Å². The molecule has 0 saturated carbocycles. The molecule has 0 spiro atoms. The van der Waals surface area contributed by atoms with Gasteiger partial charge in [-0.05, 0) is 65.2 Å². The van der Waals surface area contributed by atoms with Crippen molar-refractivity contribution in [3.8, 4) is 0 Å². The third kappa shape index (κ3) is 4.98. The lowest BCUT2D eigenvalue weighted by Gasteiger charge is -2.28. The molecule has 2 nitrogen and oxygen atoms in total. The van der Waals surface area contributed by atoms with Crippen LogP contribution in [0.1, 0.15) is 46.0 Å². The van der Waals surface area contributed by atoms with Crippen LogP contribution < -0.4 is 5.32 Å². The molecule has 1 fully saturated rings. The fourth-order valence-corrected chi connectivity index (χ4v) is 2.42. The zero-order valence-corrected chi connectivity index (χ0v) is 10.8. The zero-order chi connectivity index (χ0) is 11.1. The fraction of sp³-hybridized carbons (Fsp3) is 1.00. The van der Waals surface area contributed by atoms with Crippen molar-refractivity contribution >= 4 is 0 Å². The summed E-state index contributed by atoms with van der Waals surface area (Å²) in [6.45, 7) is 8.38. The van der Waals surface area contributed by atoms with E-state index in [0.717, 1.165) is 12.0 Å². The van der Waals surface area contributed by atoms with E-state index in [9.17, 15) is 0 Å². The van der Waals surface area contributed by atoms with Gasteiger partial charge < -0.3 is 10.2 Å². The van der Waals surface area contributed by atoms with Crippen molar-refractivity contribution in [2.45, 2.75) is 52.0 Å². The Hall–Kier alpha value is -0.0800. The summed E-state index contributed by atoms with van der Waals surface area (Å²) in [5.41, 5.74) is 0. The van der Waals surface area contributed by atoms with E-state index >= 15 is 0 Å². The molecular formula is C13H28N2. The molecule has 0 aromatic carbocycles. The smallest absolute Gasteiger partial charge is 0.00637 e. The number of nitrogens with zero attached hydrogens (tertiary/aromatic N) is 1. The summed E-state index contributed by atoms with van der Waals surface area (Å²) in [5, 5.41) is 3.49. The van der Waals surface area contributed by atoms with Gasteiger partial charge in [0.2, 0.25) is 0 Å². The molecular weight excluding hydrogens is 184 g/mol. The van der Waals surface area contributed by atoms with Gasteiger partial charge in [0.05, 0.1) is 0 Å². The van der Waals surface area contributed by atoms with Gasteiger partial charge in [-0.2, -0.15) is 0 Å². The number of hydrogen-bond donors (Lipinski definition) is 1. The summed E-state index contributed by atoms with van der Waals surface area (Å²) < 4.78 is 0. The van der Waals surface area contributed by atoms with Gasteiger partial charge >= 0.3 is 0 Å². The van der Waals surface area contributed by atoms with Crippen LogP contribution >= 0.6 is 0 Å². The summed E-state index contributed by atoms with van der Waals surface area (Å²) in [5.74, 6) is 0.926. The normalized spacial score (nSPS) is 24.4. The zero-order valence-electron chi connectivity index (χ0n) is 10.8. The number of hydrogen-bond acceptors (Lipinski definition) is 2. The van der Waals surface area contributed by atoms with Crippen LogP contribution in [0, 0.1) is 5.92 Å². The maximum Gasteiger partial charge on any atom is 0.00637 e. The van der Waals surface area contributed by atoms with Crippen molar-refractivity contribution in [3.05, 3.63) is 0 Å². The Morgan fingerprint density at radius 2 is 2.27 bits per heavy atom. The van der Waals surface area contributed by atoms with Crippen LogP contribution in [0.3, 0.4) is 0 Å². The molecule has 0 aromatic heterocycles. The van der Waals surface area contributed by atoms with Crippen molar-refractivity contribution in [1.82, 2.24) is 10.2 Å². The van der Waals surface area contributed by atoms with Crippen LogP contribution in [0.15, 0.2) is 0 Å². The third-order valence-electron chi connectivity index (χ3n) is 3.75. The second kappa shape index (κ2) is 7.24. The standard InChI is InChI=1S/C13H28N2/c1-4-6-12(2)15(3)10-8-13-7-5-9-14-11-13/h12-14H,4-11H2,1-3H3. The SMILES string of the molecule is CCCC(C)N(C)CCC1CCCNC1. The van der Waals surface area contributed by atoms with E-state index in [0.29, 0.717) is 0 Å². The van der Waals surface area contributed by atoms with Crippen LogP contribution in [0.5, 0.6) is 0 Å². The van der Waals surface area contributed by atoms with Gasteiger partial charge in [-0.3, -0.25) is 0 Å². The maximum absolute atomic E-state index is 3.49. The Morgan fingerprint density at radius 1 is 1.47 bits per heavy atom. The predicted molar refractivity (Wildman–Crippen MR) is 67.2 cm³/mol. The lowest BCUT2D eigenvalue weighted by atomic mass is 9.96. The maximum atomic E-state index is 3.49. The monoisotopic (exact) mass is 212 g/mol. The minimum absolute atomic E-state index is 0.756. The van der Waals surface area contributed by atoms with Crippen LogP contribution in [0.2, 0.25) is 0 Å². The summed E-state index contributed by atoms with van der Waals surface area (Å²) in [7, 11) is 2.27. The van der Waals surface area contributed by atoms with E-state index in [1.807, 2.05) is 0 Å². The summed E-state index contributed by atoms with van der Waals surface area (Å²) in [6.07, 6.45) is 6.81. The van der Waals surface area contributed by atoms with Crippen LogP contribution in [-0.4, -0.2) is 37.6 Å². The highest BCUT2D eigenvalue weighted by atomic mass is 15.1. The van der Waals surface area contributed by atoms with Crippen LogP contribution in [0.25, 0.3) is 0 Å². The van der Waals surface area contributed by atoms with E-state index in [4.69, 9.17) is 0 Å². The number of rotatable bonds is 6. The van der Waals surface area contributed by atoms with Gasteiger partial charge in [0.15, 0.2) is 0 Å². The largest absolute Gasteiger partial charge is 0.316 e. The Labute approximate surface area is 95.4 Å². The first-order valence-corrected chi connectivity index (χ1v) is 6.65.